The molecule has 0 bridgehead atoms. The van der Waals surface area contributed by atoms with Crippen molar-refractivity contribution >= 4 is 27.5 Å². The maximum atomic E-state index is 12.2. The Bertz CT molecular complexity index is 982. The number of benzene rings is 1. The van der Waals surface area contributed by atoms with Crippen molar-refractivity contribution in [3.05, 3.63) is 51.3 Å². The van der Waals surface area contributed by atoms with Crippen LogP contribution in [0.3, 0.4) is 0 Å². The molecule has 0 amide bonds. The summed E-state index contributed by atoms with van der Waals surface area (Å²) in [5.41, 5.74) is 1.50. The predicted molar refractivity (Wildman–Crippen MR) is 79.5 cm³/mol. The standard InChI is InChI=1S/C13H10N6OS.K.H/c20-12-10-11(16-18-15-10)14-13-19(12)17-9(21-13)7-6-8-4-2-1-3-5-8;;/h1-5H,6-7H2,(H,15,16,18);;/q;+1;-1. The van der Waals surface area contributed by atoms with Gasteiger partial charge in [0.15, 0.2) is 5.52 Å². The number of H-pyrrole nitrogens is 1. The van der Waals surface area contributed by atoms with Crippen molar-refractivity contribution in [1.82, 2.24) is 30.0 Å². The Morgan fingerprint density at radius 1 is 1.18 bits per heavy atom. The molecule has 0 aliphatic carbocycles. The minimum absolute atomic E-state index is 0. The van der Waals surface area contributed by atoms with E-state index in [4.69, 9.17) is 0 Å². The molecule has 1 aromatic carbocycles. The number of nitrogens with one attached hydrogen (secondary N) is 1. The van der Waals surface area contributed by atoms with E-state index in [-0.39, 0.29) is 63.9 Å². The van der Waals surface area contributed by atoms with E-state index < -0.39 is 0 Å². The summed E-state index contributed by atoms with van der Waals surface area (Å²) in [5.74, 6) is 0. The molecule has 9 heteroatoms. The van der Waals surface area contributed by atoms with E-state index in [1.807, 2.05) is 18.2 Å². The summed E-state index contributed by atoms with van der Waals surface area (Å²) < 4.78 is 1.30. The fourth-order valence-corrected chi connectivity index (χ4v) is 3.04. The first-order valence-corrected chi connectivity index (χ1v) is 7.26. The minimum Gasteiger partial charge on any atom is -1.00 e. The number of fused-ring (bicyclic) bond motifs is 2. The third kappa shape index (κ3) is 2.92. The second-order valence-electron chi connectivity index (χ2n) is 4.59. The van der Waals surface area contributed by atoms with Crippen LogP contribution in [0.5, 0.6) is 0 Å². The Morgan fingerprint density at radius 3 is 2.82 bits per heavy atom. The van der Waals surface area contributed by atoms with Gasteiger partial charge in [-0.2, -0.15) is 19.8 Å². The summed E-state index contributed by atoms with van der Waals surface area (Å²) in [4.78, 5) is 17.0. The summed E-state index contributed by atoms with van der Waals surface area (Å²) in [6.07, 6.45) is 1.65. The van der Waals surface area contributed by atoms with Gasteiger partial charge in [0.05, 0.1) is 0 Å². The van der Waals surface area contributed by atoms with Gasteiger partial charge in [-0.25, -0.2) is 0 Å². The predicted octanol–water partition coefficient (Wildman–Crippen LogP) is -1.68. The molecule has 0 unspecified atom stereocenters. The van der Waals surface area contributed by atoms with Crippen molar-refractivity contribution < 1.29 is 52.8 Å². The van der Waals surface area contributed by atoms with Crippen LogP contribution in [-0.2, 0) is 12.8 Å². The normalized spacial score (nSPS) is 10.9. The van der Waals surface area contributed by atoms with Gasteiger partial charge in [-0.3, -0.25) is 4.79 Å². The molecule has 7 nitrogen and oxygen atoms in total. The van der Waals surface area contributed by atoms with Crippen LogP contribution in [0.15, 0.2) is 35.1 Å². The van der Waals surface area contributed by atoms with E-state index >= 15 is 0 Å². The fourth-order valence-electron chi connectivity index (χ4n) is 2.16. The van der Waals surface area contributed by atoms with Gasteiger partial charge in [0.1, 0.15) is 5.01 Å². The Kier molecular flexibility index (Phi) is 4.80. The van der Waals surface area contributed by atoms with Crippen molar-refractivity contribution in [3.63, 3.8) is 0 Å². The van der Waals surface area contributed by atoms with Crippen LogP contribution in [0.2, 0.25) is 0 Å². The summed E-state index contributed by atoms with van der Waals surface area (Å²) in [6, 6.07) is 10.2. The topological polar surface area (TPSA) is 88.8 Å². The molecule has 0 atom stereocenters. The van der Waals surface area contributed by atoms with Crippen molar-refractivity contribution in [2.75, 3.05) is 0 Å². The van der Waals surface area contributed by atoms with Crippen LogP contribution in [0.1, 0.15) is 12.0 Å². The van der Waals surface area contributed by atoms with Crippen LogP contribution in [0, 0.1) is 0 Å². The number of nitrogens with zero attached hydrogens (tertiary/aromatic N) is 5. The SMILES string of the molecule is O=c1c2n[nH]nc2nc2sc(CCc3ccccc3)nn12.[H-].[K+]. The molecule has 0 saturated carbocycles. The van der Waals surface area contributed by atoms with Gasteiger partial charge in [-0.1, -0.05) is 41.7 Å². The molecular formula is C13H11KN6OS. The monoisotopic (exact) mass is 338 g/mol. The molecule has 0 aliphatic rings. The van der Waals surface area contributed by atoms with Gasteiger partial charge in [0.2, 0.25) is 10.6 Å². The van der Waals surface area contributed by atoms with Crippen LogP contribution < -0.4 is 56.9 Å². The molecule has 0 aliphatic heterocycles. The molecule has 106 valence electrons. The molecule has 22 heavy (non-hydrogen) atoms. The molecule has 1 N–H and O–H groups in total. The van der Waals surface area contributed by atoms with Gasteiger partial charge < -0.3 is 1.43 Å². The quantitative estimate of drug-likeness (QED) is 0.451. The third-order valence-corrected chi connectivity index (χ3v) is 4.17. The van der Waals surface area contributed by atoms with Crippen LogP contribution >= 0.6 is 11.3 Å². The molecule has 0 fully saturated rings. The fraction of sp³-hybridized carbons (Fsp3) is 0.154. The minimum atomic E-state index is -0.286. The van der Waals surface area contributed by atoms with Crippen LogP contribution in [0.4, 0.5) is 0 Å². The van der Waals surface area contributed by atoms with E-state index in [1.54, 1.807) is 0 Å². The molecule has 0 saturated heterocycles. The van der Waals surface area contributed by atoms with Crippen molar-refractivity contribution in [2.24, 2.45) is 0 Å². The first kappa shape index (κ1) is 15.9. The number of hydrogen-bond acceptors (Lipinski definition) is 6. The molecule has 3 aromatic heterocycles. The number of rotatable bonds is 3. The van der Waals surface area contributed by atoms with E-state index in [1.165, 1.54) is 21.4 Å². The third-order valence-electron chi connectivity index (χ3n) is 3.20. The maximum absolute atomic E-state index is 12.2. The van der Waals surface area contributed by atoms with E-state index in [0.717, 1.165) is 17.8 Å². The average molecular weight is 338 g/mol. The van der Waals surface area contributed by atoms with Gasteiger partial charge in [0, 0.05) is 6.42 Å². The number of aryl methyl sites for hydroxylation is 2. The smallest absolute Gasteiger partial charge is 1.00 e. The molecule has 3 heterocycles. The van der Waals surface area contributed by atoms with Gasteiger partial charge >= 0.3 is 56.9 Å². The van der Waals surface area contributed by atoms with Gasteiger partial charge in [-0.05, 0) is 12.0 Å². The largest absolute Gasteiger partial charge is 1.00 e. The van der Waals surface area contributed by atoms with Crippen molar-refractivity contribution in [3.8, 4) is 0 Å². The molecular weight excluding hydrogens is 327 g/mol. The average Bonchev–Trinajstić information content (AvgIpc) is 3.13. The maximum Gasteiger partial charge on any atom is 1.00 e. The van der Waals surface area contributed by atoms with Crippen LogP contribution in [0.25, 0.3) is 16.1 Å². The Labute approximate surface area is 172 Å². The second kappa shape index (κ2) is 6.65. The zero-order valence-electron chi connectivity index (χ0n) is 12.9. The number of aromatic amines is 1. The van der Waals surface area contributed by atoms with Gasteiger partial charge in [0.25, 0.3) is 0 Å². The molecule has 0 spiro atoms. The first-order chi connectivity index (χ1) is 10.3. The molecule has 4 rings (SSSR count). The zero-order valence-corrected chi connectivity index (χ0v) is 15.8. The van der Waals surface area contributed by atoms with Crippen molar-refractivity contribution in [2.45, 2.75) is 12.8 Å². The second-order valence-corrected chi connectivity index (χ2v) is 5.63. The Hall–Kier alpha value is -0.974. The van der Waals surface area contributed by atoms with E-state index in [2.05, 4.69) is 37.6 Å². The first-order valence-electron chi connectivity index (χ1n) is 6.44. The summed E-state index contributed by atoms with van der Waals surface area (Å²) in [7, 11) is 0. The number of aromatic nitrogens is 6. The molecule has 0 radical (unpaired) electrons. The van der Waals surface area contributed by atoms with Crippen LogP contribution in [-0.4, -0.2) is 30.0 Å². The Balaban J connectivity index is 0.000000960. The van der Waals surface area contributed by atoms with Crippen molar-refractivity contribution in [1.29, 1.82) is 0 Å². The number of hydrogen-bond donors (Lipinski definition) is 1. The summed E-state index contributed by atoms with van der Waals surface area (Å²) in [5, 5.41) is 15.3. The van der Waals surface area contributed by atoms with E-state index in [9.17, 15) is 4.79 Å². The summed E-state index contributed by atoms with van der Waals surface area (Å²) >= 11 is 1.41. The molecule has 4 aromatic rings. The summed E-state index contributed by atoms with van der Waals surface area (Å²) in [6.45, 7) is 0. The zero-order chi connectivity index (χ0) is 14.2. The Morgan fingerprint density at radius 2 is 2.00 bits per heavy atom. The van der Waals surface area contributed by atoms with E-state index in [0.29, 0.717) is 10.6 Å². The van der Waals surface area contributed by atoms with Gasteiger partial charge in [-0.15, -0.1) is 10.2 Å².